The number of hydrogen-bond acceptors (Lipinski definition) is 6. The summed E-state index contributed by atoms with van der Waals surface area (Å²) in [6, 6.07) is 2.80. The summed E-state index contributed by atoms with van der Waals surface area (Å²) in [5, 5.41) is 6.93. The lowest BCUT2D eigenvalue weighted by Gasteiger charge is -2.29. The molecule has 0 radical (unpaired) electrons. The van der Waals surface area contributed by atoms with Crippen LogP contribution in [0.4, 0.5) is 22.0 Å². The van der Waals surface area contributed by atoms with Crippen molar-refractivity contribution >= 4 is 57.9 Å². The molecule has 0 spiro atoms. The van der Waals surface area contributed by atoms with Crippen LogP contribution in [-0.4, -0.2) is 31.5 Å². The second kappa shape index (κ2) is 9.54. The van der Waals surface area contributed by atoms with Crippen LogP contribution in [-0.2, 0) is 4.79 Å². The van der Waals surface area contributed by atoms with E-state index >= 15 is 0 Å². The Morgan fingerprint density at radius 3 is 2.38 bits per heavy atom. The van der Waals surface area contributed by atoms with E-state index in [1.165, 1.54) is 25.0 Å². The molecule has 3 aromatic rings. The van der Waals surface area contributed by atoms with Crippen LogP contribution < -0.4 is 16.4 Å². The Hall–Kier alpha value is -2.65. The van der Waals surface area contributed by atoms with E-state index in [-0.39, 0.29) is 27.9 Å². The predicted molar refractivity (Wildman–Crippen MR) is 131 cm³/mol. The van der Waals surface area contributed by atoms with Gasteiger partial charge in [0, 0.05) is 18.0 Å². The van der Waals surface area contributed by atoms with Crippen molar-refractivity contribution in [3.8, 4) is 0 Å². The summed E-state index contributed by atoms with van der Waals surface area (Å²) in [5.74, 6) is 0.142. The molecule has 4 N–H and O–H groups in total. The van der Waals surface area contributed by atoms with Crippen molar-refractivity contribution in [2.45, 2.75) is 63.5 Å². The van der Waals surface area contributed by atoms with E-state index in [0.29, 0.717) is 47.6 Å². The number of nitrogens with zero attached hydrogens (tertiary/aromatic N) is 4. The standard InChI is InChI=1S/C23H26Cl2FN7O/c24-16-9-13(26)10-17(25)19(16)31-23-30-18-11-28-22(29-14-3-1-2-4-14)32-21(18)33(23)15-7-5-12(6-8-15)20(27)34/h9-12,14-15H,1-8H2,(H2,27,34)(H,30,31)(H,28,29,32)/t12-,15+. The van der Waals surface area contributed by atoms with Crippen molar-refractivity contribution in [2.24, 2.45) is 11.7 Å². The SMILES string of the molecule is NC(=O)[C@H]1CC[C@@H](n2c(Nc3c(Cl)cc(F)cc3Cl)nc3cnc(NC4CCCC4)nc32)CC1. The Labute approximate surface area is 206 Å². The molecule has 8 nitrogen and oxygen atoms in total. The largest absolute Gasteiger partial charge is 0.369 e. The number of fused-ring (bicyclic) bond motifs is 1. The molecule has 5 rings (SSSR count). The zero-order valence-electron chi connectivity index (χ0n) is 18.5. The number of carbonyl (C=O) groups is 1. The molecule has 180 valence electrons. The maximum atomic E-state index is 13.7. The zero-order valence-corrected chi connectivity index (χ0v) is 20.0. The maximum absolute atomic E-state index is 13.7. The van der Waals surface area contributed by atoms with Gasteiger partial charge < -0.3 is 16.4 Å². The molecule has 1 aromatic carbocycles. The molecular weight excluding hydrogens is 480 g/mol. The summed E-state index contributed by atoms with van der Waals surface area (Å²) < 4.78 is 15.7. The van der Waals surface area contributed by atoms with E-state index in [2.05, 4.69) is 15.6 Å². The third kappa shape index (κ3) is 4.63. The Kier molecular flexibility index (Phi) is 6.48. The number of carbonyl (C=O) groups excluding carboxylic acids is 1. The van der Waals surface area contributed by atoms with Crippen molar-refractivity contribution in [3.63, 3.8) is 0 Å². The predicted octanol–water partition coefficient (Wildman–Crippen LogP) is 5.59. The van der Waals surface area contributed by atoms with E-state index in [1.807, 2.05) is 4.57 Å². The highest BCUT2D eigenvalue weighted by atomic mass is 35.5. The highest BCUT2D eigenvalue weighted by Gasteiger charge is 2.29. The summed E-state index contributed by atoms with van der Waals surface area (Å²) in [6.07, 6.45) is 9.18. The van der Waals surface area contributed by atoms with Crippen LogP contribution in [0, 0.1) is 11.7 Å². The number of amides is 1. The fourth-order valence-corrected chi connectivity index (χ4v) is 5.59. The van der Waals surface area contributed by atoms with Gasteiger partial charge in [0.15, 0.2) is 5.65 Å². The first-order chi connectivity index (χ1) is 16.4. The molecule has 2 aromatic heterocycles. The molecule has 0 bridgehead atoms. The number of imidazole rings is 1. The lowest BCUT2D eigenvalue weighted by atomic mass is 9.85. The van der Waals surface area contributed by atoms with Crippen molar-refractivity contribution in [1.29, 1.82) is 0 Å². The van der Waals surface area contributed by atoms with E-state index in [9.17, 15) is 9.18 Å². The minimum absolute atomic E-state index is 0.0373. The number of anilines is 3. The van der Waals surface area contributed by atoms with Gasteiger partial charge >= 0.3 is 0 Å². The fraction of sp³-hybridized carbons (Fsp3) is 0.478. The molecule has 0 saturated heterocycles. The van der Waals surface area contributed by atoms with Gasteiger partial charge in [-0.1, -0.05) is 36.0 Å². The molecule has 2 aliphatic carbocycles. The van der Waals surface area contributed by atoms with Crippen LogP contribution in [0.1, 0.15) is 57.4 Å². The fourth-order valence-electron chi connectivity index (χ4n) is 5.04. The third-order valence-electron chi connectivity index (χ3n) is 6.83. The molecule has 0 unspecified atom stereocenters. The number of nitrogens with two attached hydrogens (primary N) is 1. The zero-order chi connectivity index (χ0) is 23.8. The van der Waals surface area contributed by atoms with Crippen LogP contribution in [0.15, 0.2) is 18.3 Å². The second-order valence-electron chi connectivity index (χ2n) is 9.11. The van der Waals surface area contributed by atoms with Crippen molar-refractivity contribution in [1.82, 2.24) is 19.5 Å². The molecule has 2 fully saturated rings. The lowest BCUT2D eigenvalue weighted by molar-refractivity contribution is -0.122. The van der Waals surface area contributed by atoms with E-state index in [4.69, 9.17) is 38.9 Å². The maximum Gasteiger partial charge on any atom is 0.224 e. The first kappa shape index (κ1) is 23.1. The Balaban J connectivity index is 1.54. The highest BCUT2D eigenvalue weighted by Crippen LogP contribution is 2.39. The molecule has 1 amide bonds. The van der Waals surface area contributed by atoms with Crippen LogP contribution in [0.2, 0.25) is 10.0 Å². The number of rotatable bonds is 6. The van der Waals surface area contributed by atoms with Crippen molar-refractivity contribution in [2.75, 3.05) is 10.6 Å². The van der Waals surface area contributed by atoms with E-state index < -0.39 is 5.82 Å². The first-order valence-electron chi connectivity index (χ1n) is 11.6. The summed E-state index contributed by atoms with van der Waals surface area (Å²) in [5.41, 5.74) is 7.20. The third-order valence-corrected chi connectivity index (χ3v) is 7.43. The van der Waals surface area contributed by atoms with Gasteiger partial charge in [-0.25, -0.2) is 14.4 Å². The minimum Gasteiger partial charge on any atom is -0.369 e. The first-order valence-corrected chi connectivity index (χ1v) is 12.4. The number of aromatic nitrogens is 4. The molecule has 0 atom stereocenters. The molecule has 0 aliphatic heterocycles. The van der Waals surface area contributed by atoms with Crippen LogP contribution in [0.5, 0.6) is 0 Å². The Morgan fingerprint density at radius 1 is 1.06 bits per heavy atom. The van der Waals surface area contributed by atoms with Gasteiger partial charge in [0.1, 0.15) is 11.3 Å². The normalized spacial score (nSPS) is 21.1. The molecule has 2 heterocycles. The lowest BCUT2D eigenvalue weighted by Crippen LogP contribution is -2.28. The highest BCUT2D eigenvalue weighted by molar-refractivity contribution is 6.39. The quantitative estimate of drug-likeness (QED) is 0.402. The van der Waals surface area contributed by atoms with Gasteiger partial charge in [-0.05, 0) is 50.7 Å². The smallest absolute Gasteiger partial charge is 0.224 e. The average Bonchev–Trinajstić information content (AvgIpc) is 3.43. The number of nitrogens with one attached hydrogen (secondary N) is 2. The molecule has 11 heteroatoms. The van der Waals surface area contributed by atoms with Gasteiger partial charge in [0.25, 0.3) is 0 Å². The summed E-state index contributed by atoms with van der Waals surface area (Å²) in [7, 11) is 0. The number of primary amides is 1. The summed E-state index contributed by atoms with van der Waals surface area (Å²) in [4.78, 5) is 25.7. The minimum atomic E-state index is -0.521. The van der Waals surface area contributed by atoms with Crippen molar-refractivity contribution in [3.05, 3.63) is 34.2 Å². The molecular formula is C23H26Cl2FN7O. The molecule has 2 saturated carbocycles. The van der Waals surface area contributed by atoms with Gasteiger partial charge in [-0.3, -0.25) is 9.36 Å². The van der Waals surface area contributed by atoms with Crippen LogP contribution in [0.3, 0.4) is 0 Å². The van der Waals surface area contributed by atoms with E-state index in [1.54, 1.807) is 6.20 Å². The van der Waals surface area contributed by atoms with Crippen LogP contribution >= 0.6 is 23.2 Å². The Morgan fingerprint density at radius 2 is 1.74 bits per heavy atom. The Bertz CT molecular complexity index is 1200. The van der Waals surface area contributed by atoms with Crippen LogP contribution in [0.25, 0.3) is 11.2 Å². The number of halogens is 3. The van der Waals surface area contributed by atoms with Gasteiger partial charge in [-0.15, -0.1) is 0 Å². The second-order valence-corrected chi connectivity index (χ2v) is 9.93. The van der Waals surface area contributed by atoms with Gasteiger partial charge in [0.05, 0.1) is 21.9 Å². The molecule has 2 aliphatic rings. The van der Waals surface area contributed by atoms with E-state index in [0.717, 1.165) is 25.7 Å². The molecule has 34 heavy (non-hydrogen) atoms. The summed E-state index contributed by atoms with van der Waals surface area (Å²) in [6.45, 7) is 0. The van der Waals surface area contributed by atoms with Gasteiger partial charge in [-0.2, -0.15) is 4.98 Å². The average molecular weight is 506 g/mol. The number of benzene rings is 1. The topological polar surface area (TPSA) is 111 Å². The number of hydrogen-bond donors (Lipinski definition) is 3. The van der Waals surface area contributed by atoms with Gasteiger partial charge in [0.2, 0.25) is 17.8 Å². The van der Waals surface area contributed by atoms with Crippen molar-refractivity contribution < 1.29 is 9.18 Å². The summed E-state index contributed by atoms with van der Waals surface area (Å²) >= 11 is 12.6. The monoisotopic (exact) mass is 505 g/mol.